The number of hydrogen-bond donors (Lipinski definition) is 1. The van der Waals surface area contributed by atoms with Crippen LogP contribution in [0.1, 0.15) is 29.7 Å². The number of nitrogens with one attached hydrogen (secondary N) is 1. The number of ether oxygens (including phenoxy) is 1. The van der Waals surface area contributed by atoms with E-state index in [1.54, 1.807) is 0 Å². The maximum absolute atomic E-state index is 5.53. The first-order valence-corrected chi connectivity index (χ1v) is 7.21. The minimum absolute atomic E-state index is 0.357. The van der Waals surface area contributed by atoms with Gasteiger partial charge >= 0.3 is 0 Å². The van der Waals surface area contributed by atoms with E-state index in [2.05, 4.69) is 47.6 Å². The molecule has 3 nitrogen and oxygen atoms in total. The normalized spacial score (nSPS) is 14.7. The van der Waals surface area contributed by atoms with Gasteiger partial charge in [-0.05, 0) is 54.8 Å². The van der Waals surface area contributed by atoms with Crippen molar-refractivity contribution in [3.05, 3.63) is 59.4 Å². The Morgan fingerprint density at radius 1 is 1.25 bits per heavy atom. The van der Waals surface area contributed by atoms with Gasteiger partial charge in [-0.2, -0.15) is 0 Å². The van der Waals surface area contributed by atoms with Crippen molar-refractivity contribution in [2.45, 2.75) is 25.8 Å². The minimum atomic E-state index is 0.357. The lowest BCUT2D eigenvalue weighted by Gasteiger charge is -2.14. The summed E-state index contributed by atoms with van der Waals surface area (Å²) in [6.07, 6.45) is 5.77. The van der Waals surface area contributed by atoms with Gasteiger partial charge in [-0.25, -0.2) is 0 Å². The van der Waals surface area contributed by atoms with Crippen molar-refractivity contribution < 1.29 is 4.74 Å². The SMILES string of the molecule is C[C@@H](NCCc1ccc2c(c1)CCO2)c1ccncc1. The van der Waals surface area contributed by atoms with Crippen LogP contribution < -0.4 is 10.1 Å². The average molecular weight is 268 g/mol. The van der Waals surface area contributed by atoms with E-state index in [-0.39, 0.29) is 0 Å². The van der Waals surface area contributed by atoms with Crippen LogP contribution in [0.5, 0.6) is 5.75 Å². The Labute approximate surface area is 120 Å². The van der Waals surface area contributed by atoms with E-state index in [1.165, 1.54) is 16.7 Å². The summed E-state index contributed by atoms with van der Waals surface area (Å²) in [6.45, 7) is 3.99. The lowest BCUT2D eigenvalue weighted by Crippen LogP contribution is -2.21. The Morgan fingerprint density at radius 2 is 2.10 bits per heavy atom. The largest absolute Gasteiger partial charge is 0.493 e. The molecule has 0 fully saturated rings. The van der Waals surface area contributed by atoms with Crippen molar-refractivity contribution in [2.75, 3.05) is 13.2 Å². The summed E-state index contributed by atoms with van der Waals surface area (Å²) in [5, 5.41) is 3.56. The molecule has 20 heavy (non-hydrogen) atoms. The summed E-state index contributed by atoms with van der Waals surface area (Å²) < 4.78 is 5.53. The zero-order valence-corrected chi connectivity index (χ0v) is 11.8. The highest BCUT2D eigenvalue weighted by Gasteiger charge is 2.12. The fourth-order valence-electron chi connectivity index (χ4n) is 2.60. The molecule has 0 spiro atoms. The molecule has 1 aromatic heterocycles. The van der Waals surface area contributed by atoms with E-state index >= 15 is 0 Å². The third kappa shape index (κ3) is 2.99. The van der Waals surface area contributed by atoms with Gasteiger partial charge in [0.25, 0.3) is 0 Å². The Bertz CT molecular complexity index is 568. The highest BCUT2D eigenvalue weighted by molar-refractivity contribution is 5.39. The zero-order valence-electron chi connectivity index (χ0n) is 11.8. The highest BCUT2D eigenvalue weighted by atomic mass is 16.5. The van der Waals surface area contributed by atoms with Crippen LogP contribution in [0.4, 0.5) is 0 Å². The van der Waals surface area contributed by atoms with Crippen molar-refractivity contribution in [1.29, 1.82) is 0 Å². The Morgan fingerprint density at radius 3 is 2.95 bits per heavy atom. The first-order valence-electron chi connectivity index (χ1n) is 7.21. The van der Waals surface area contributed by atoms with Crippen LogP contribution in [0.15, 0.2) is 42.7 Å². The van der Waals surface area contributed by atoms with E-state index in [0.717, 1.165) is 31.7 Å². The number of nitrogens with zero attached hydrogens (tertiary/aromatic N) is 1. The molecular formula is C17H20N2O. The van der Waals surface area contributed by atoms with Crippen LogP contribution in [0.25, 0.3) is 0 Å². The van der Waals surface area contributed by atoms with Gasteiger partial charge in [0.1, 0.15) is 5.75 Å². The van der Waals surface area contributed by atoms with Gasteiger partial charge in [-0.15, -0.1) is 0 Å². The minimum Gasteiger partial charge on any atom is -0.493 e. The van der Waals surface area contributed by atoms with Crippen LogP contribution in [0.2, 0.25) is 0 Å². The first kappa shape index (κ1) is 13.1. The second-order valence-corrected chi connectivity index (χ2v) is 5.25. The molecule has 0 saturated carbocycles. The fourth-order valence-corrected chi connectivity index (χ4v) is 2.60. The van der Waals surface area contributed by atoms with Crippen LogP contribution in [0, 0.1) is 0 Å². The van der Waals surface area contributed by atoms with Crippen LogP contribution in [-0.2, 0) is 12.8 Å². The van der Waals surface area contributed by atoms with Gasteiger partial charge in [0.15, 0.2) is 0 Å². The van der Waals surface area contributed by atoms with Gasteiger partial charge in [0, 0.05) is 24.9 Å². The van der Waals surface area contributed by atoms with Crippen LogP contribution in [0.3, 0.4) is 0 Å². The molecule has 0 saturated heterocycles. The number of benzene rings is 1. The van der Waals surface area contributed by atoms with Gasteiger partial charge in [-0.1, -0.05) is 12.1 Å². The summed E-state index contributed by atoms with van der Waals surface area (Å²) >= 11 is 0. The number of aromatic nitrogens is 1. The zero-order chi connectivity index (χ0) is 13.8. The van der Waals surface area contributed by atoms with Gasteiger partial charge in [0.2, 0.25) is 0 Å². The van der Waals surface area contributed by atoms with Crippen LogP contribution >= 0.6 is 0 Å². The van der Waals surface area contributed by atoms with Gasteiger partial charge in [0.05, 0.1) is 6.61 Å². The van der Waals surface area contributed by atoms with Crippen molar-refractivity contribution in [3.63, 3.8) is 0 Å². The molecule has 1 atom stereocenters. The third-order valence-electron chi connectivity index (χ3n) is 3.82. The number of pyridine rings is 1. The predicted molar refractivity (Wildman–Crippen MR) is 80.0 cm³/mol. The Balaban J connectivity index is 1.53. The third-order valence-corrected chi connectivity index (χ3v) is 3.82. The summed E-state index contributed by atoms with van der Waals surface area (Å²) in [6, 6.07) is 11.0. The number of hydrogen-bond acceptors (Lipinski definition) is 3. The monoisotopic (exact) mass is 268 g/mol. The van der Waals surface area contributed by atoms with Crippen molar-refractivity contribution in [2.24, 2.45) is 0 Å². The topological polar surface area (TPSA) is 34.1 Å². The number of fused-ring (bicyclic) bond motifs is 1. The summed E-state index contributed by atoms with van der Waals surface area (Å²) in [5.41, 5.74) is 4.01. The molecule has 0 unspecified atom stereocenters. The molecule has 104 valence electrons. The second-order valence-electron chi connectivity index (χ2n) is 5.25. The predicted octanol–water partition coefficient (Wildman–Crippen LogP) is 2.91. The highest BCUT2D eigenvalue weighted by Crippen LogP contribution is 2.25. The molecule has 0 radical (unpaired) electrons. The van der Waals surface area contributed by atoms with Crippen molar-refractivity contribution in [3.8, 4) is 5.75 Å². The fraction of sp³-hybridized carbons (Fsp3) is 0.353. The molecule has 0 aliphatic carbocycles. The second kappa shape index (κ2) is 6.06. The van der Waals surface area contributed by atoms with E-state index < -0.39 is 0 Å². The lowest BCUT2D eigenvalue weighted by atomic mass is 10.1. The van der Waals surface area contributed by atoms with E-state index in [1.807, 2.05) is 12.4 Å². The smallest absolute Gasteiger partial charge is 0.122 e. The molecule has 2 heterocycles. The average Bonchev–Trinajstić information content (AvgIpc) is 2.95. The number of rotatable bonds is 5. The van der Waals surface area contributed by atoms with Gasteiger partial charge < -0.3 is 10.1 Å². The van der Waals surface area contributed by atoms with Crippen molar-refractivity contribution >= 4 is 0 Å². The molecule has 1 aromatic carbocycles. The molecule has 1 aliphatic rings. The quantitative estimate of drug-likeness (QED) is 0.905. The van der Waals surface area contributed by atoms with Crippen LogP contribution in [-0.4, -0.2) is 18.1 Å². The van der Waals surface area contributed by atoms with E-state index in [4.69, 9.17) is 4.74 Å². The maximum atomic E-state index is 5.53. The Kier molecular flexibility index (Phi) is 3.97. The van der Waals surface area contributed by atoms with E-state index in [9.17, 15) is 0 Å². The summed E-state index contributed by atoms with van der Waals surface area (Å²) in [5.74, 6) is 1.06. The molecule has 3 heteroatoms. The molecule has 1 N–H and O–H groups in total. The molecule has 1 aliphatic heterocycles. The van der Waals surface area contributed by atoms with E-state index in [0.29, 0.717) is 6.04 Å². The van der Waals surface area contributed by atoms with Crippen molar-refractivity contribution in [1.82, 2.24) is 10.3 Å². The molecule has 3 rings (SSSR count). The van der Waals surface area contributed by atoms with Gasteiger partial charge in [-0.3, -0.25) is 4.98 Å². The molecule has 0 amide bonds. The molecule has 0 bridgehead atoms. The summed E-state index contributed by atoms with van der Waals surface area (Å²) in [4.78, 5) is 4.05. The maximum Gasteiger partial charge on any atom is 0.122 e. The summed E-state index contributed by atoms with van der Waals surface area (Å²) in [7, 11) is 0. The molecule has 2 aromatic rings. The Hall–Kier alpha value is -1.87. The molecular weight excluding hydrogens is 248 g/mol. The first-order chi connectivity index (χ1) is 9.83. The standard InChI is InChI=1S/C17H20N2O/c1-13(15-5-8-18-9-6-15)19-10-4-14-2-3-17-16(12-14)7-11-20-17/h2-3,5-6,8-9,12-13,19H,4,7,10-11H2,1H3/t13-/m1/s1. The lowest BCUT2D eigenvalue weighted by molar-refractivity contribution is 0.357.